The summed E-state index contributed by atoms with van der Waals surface area (Å²) >= 11 is 0. The normalized spacial score (nSPS) is 11.4. The number of nitrogens with one attached hydrogen (secondary N) is 2. The number of amides is 2. The lowest BCUT2D eigenvalue weighted by molar-refractivity contribution is -0.136. The second kappa shape index (κ2) is 8.69. The first-order valence-corrected chi connectivity index (χ1v) is 8.76. The van der Waals surface area contributed by atoms with Gasteiger partial charge in [-0.15, -0.1) is 0 Å². The number of halogens is 2. The molecule has 7 nitrogen and oxygen atoms in total. The molecule has 1 aromatic rings. The number of sulfonamides is 1. The molecule has 0 aliphatic rings. The maximum absolute atomic E-state index is 13.0. The first-order chi connectivity index (χ1) is 11.2. The van der Waals surface area contributed by atoms with Crippen LogP contribution in [0.3, 0.4) is 0 Å². The zero-order chi connectivity index (χ0) is 18.3. The molecule has 1 aromatic carbocycles. The third-order valence-electron chi connectivity index (χ3n) is 3.10. The molecule has 0 aliphatic heterocycles. The fourth-order valence-electron chi connectivity index (χ4n) is 1.76. The average molecular weight is 363 g/mol. The van der Waals surface area contributed by atoms with E-state index in [1.807, 2.05) is 0 Å². The molecule has 2 amide bonds. The Kier molecular flexibility index (Phi) is 7.23. The first-order valence-electron chi connectivity index (χ1n) is 7.15. The number of carbonyl (C=O) groups is 2. The summed E-state index contributed by atoms with van der Waals surface area (Å²) in [5.74, 6) is -3.85. The van der Waals surface area contributed by atoms with Gasteiger partial charge in [-0.3, -0.25) is 9.59 Å². The SMILES string of the molecule is CCS(=O)(=O)N(C)CCCNC(=O)C(=O)Nc1cc(F)cc(F)c1. The lowest BCUT2D eigenvalue weighted by Gasteiger charge is -2.15. The van der Waals surface area contributed by atoms with Crippen LogP contribution in [0.2, 0.25) is 0 Å². The molecule has 0 bridgehead atoms. The van der Waals surface area contributed by atoms with Crippen molar-refractivity contribution in [2.24, 2.45) is 0 Å². The summed E-state index contributed by atoms with van der Waals surface area (Å²) < 4.78 is 50.1. The van der Waals surface area contributed by atoms with Crippen molar-refractivity contribution in [3.05, 3.63) is 29.8 Å². The predicted molar refractivity (Wildman–Crippen MR) is 84.7 cm³/mol. The lowest BCUT2D eigenvalue weighted by atomic mass is 10.3. The van der Waals surface area contributed by atoms with Gasteiger partial charge in [0.25, 0.3) is 0 Å². The van der Waals surface area contributed by atoms with Crippen LogP contribution in [-0.2, 0) is 19.6 Å². The molecule has 0 aromatic heterocycles. The van der Waals surface area contributed by atoms with Crippen LogP contribution in [0.1, 0.15) is 13.3 Å². The number of hydrogen-bond acceptors (Lipinski definition) is 4. The summed E-state index contributed by atoms with van der Waals surface area (Å²) in [5.41, 5.74) is -0.179. The molecule has 0 unspecified atom stereocenters. The Balaban J connectivity index is 2.41. The number of rotatable bonds is 7. The van der Waals surface area contributed by atoms with Gasteiger partial charge in [0.15, 0.2) is 0 Å². The van der Waals surface area contributed by atoms with Gasteiger partial charge in [-0.25, -0.2) is 21.5 Å². The van der Waals surface area contributed by atoms with Gasteiger partial charge in [0.1, 0.15) is 11.6 Å². The minimum Gasteiger partial charge on any atom is -0.348 e. The summed E-state index contributed by atoms with van der Waals surface area (Å²) in [6.07, 6.45) is 0.309. The third kappa shape index (κ3) is 6.20. The summed E-state index contributed by atoms with van der Waals surface area (Å²) in [6, 6.07) is 2.38. The molecule has 0 saturated heterocycles. The van der Waals surface area contributed by atoms with Gasteiger partial charge in [0.05, 0.1) is 5.75 Å². The molecule has 0 heterocycles. The van der Waals surface area contributed by atoms with Gasteiger partial charge in [0, 0.05) is 31.9 Å². The topological polar surface area (TPSA) is 95.6 Å². The number of carbonyl (C=O) groups excluding carboxylic acids is 2. The minimum absolute atomic E-state index is 0.0253. The van der Waals surface area contributed by atoms with Gasteiger partial charge in [-0.1, -0.05) is 0 Å². The van der Waals surface area contributed by atoms with E-state index < -0.39 is 33.5 Å². The van der Waals surface area contributed by atoms with Crippen LogP contribution in [0.4, 0.5) is 14.5 Å². The van der Waals surface area contributed by atoms with Gasteiger partial charge in [-0.2, -0.15) is 0 Å². The van der Waals surface area contributed by atoms with E-state index in [0.717, 1.165) is 16.4 Å². The van der Waals surface area contributed by atoms with Gasteiger partial charge >= 0.3 is 11.8 Å². The molecule has 134 valence electrons. The number of hydrogen-bond donors (Lipinski definition) is 2. The molecule has 2 N–H and O–H groups in total. The van der Waals surface area contributed by atoms with Crippen molar-refractivity contribution in [2.45, 2.75) is 13.3 Å². The van der Waals surface area contributed by atoms with Crippen molar-refractivity contribution in [1.29, 1.82) is 0 Å². The smallest absolute Gasteiger partial charge is 0.313 e. The number of nitrogens with zero attached hydrogens (tertiary/aromatic N) is 1. The molecular formula is C14H19F2N3O4S. The molecule has 24 heavy (non-hydrogen) atoms. The number of anilines is 1. The van der Waals surface area contributed by atoms with Crippen LogP contribution >= 0.6 is 0 Å². The molecular weight excluding hydrogens is 344 g/mol. The first kappa shape index (κ1) is 20.0. The molecule has 0 aliphatic carbocycles. The van der Waals surface area contributed by atoms with E-state index in [2.05, 4.69) is 10.6 Å². The Bertz CT molecular complexity index is 690. The monoisotopic (exact) mass is 363 g/mol. The largest absolute Gasteiger partial charge is 0.348 e. The van der Waals surface area contributed by atoms with Gasteiger partial charge in [0.2, 0.25) is 10.0 Å². The highest BCUT2D eigenvalue weighted by molar-refractivity contribution is 7.89. The zero-order valence-corrected chi connectivity index (χ0v) is 14.1. The molecule has 0 atom stereocenters. The standard InChI is InChI=1S/C14H19F2N3O4S/c1-3-24(22,23)19(2)6-4-5-17-13(20)14(21)18-12-8-10(15)7-11(16)9-12/h7-9H,3-6H2,1-2H3,(H,17,20)(H,18,21). The average Bonchev–Trinajstić information content (AvgIpc) is 2.49. The van der Waals surface area contributed by atoms with Crippen molar-refractivity contribution in [3.63, 3.8) is 0 Å². The lowest BCUT2D eigenvalue weighted by Crippen LogP contribution is -2.37. The highest BCUT2D eigenvalue weighted by atomic mass is 32.2. The van der Waals surface area contributed by atoms with Crippen LogP contribution in [0.5, 0.6) is 0 Å². The molecule has 10 heteroatoms. The third-order valence-corrected chi connectivity index (χ3v) is 4.96. The minimum atomic E-state index is -3.29. The van der Waals surface area contributed by atoms with Crippen LogP contribution < -0.4 is 10.6 Å². The van der Waals surface area contributed by atoms with E-state index in [0.29, 0.717) is 12.5 Å². The van der Waals surface area contributed by atoms with E-state index in [9.17, 15) is 26.8 Å². The number of benzene rings is 1. The van der Waals surface area contributed by atoms with Gasteiger partial charge in [-0.05, 0) is 25.5 Å². The Morgan fingerprint density at radius 1 is 1.12 bits per heavy atom. The van der Waals surface area contributed by atoms with E-state index in [4.69, 9.17) is 0 Å². The van der Waals surface area contributed by atoms with Crippen LogP contribution in [0.25, 0.3) is 0 Å². The highest BCUT2D eigenvalue weighted by Crippen LogP contribution is 2.12. The molecule has 0 fully saturated rings. The maximum Gasteiger partial charge on any atom is 0.313 e. The van der Waals surface area contributed by atoms with Crippen molar-refractivity contribution < 1.29 is 26.8 Å². The van der Waals surface area contributed by atoms with Crippen molar-refractivity contribution in [2.75, 3.05) is 31.2 Å². The highest BCUT2D eigenvalue weighted by Gasteiger charge is 2.16. The van der Waals surface area contributed by atoms with E-state index >= 15 is 0 Å². The van der Waals surface area contributed by atoms with Crippen LogP contribution in [0, 0.1) is 11.6 Å². The Hall–Kier alpha value is -2.07. The zero-order valence-electron chi connectivity index (χ0n) is 13.3. The Morgan fingerprint density at radius 2 is 1.71 bits per heavy atom. The van der Waals surface area contributed by atoms with E-state index in [1.165, 1.54) is 14.0 Å². The summed E-state index contributed by atoms with van der Waals surface area (Å²) in [5, 5.41) is 4.37. The summed E-state index contributed by atoms with van der Waals surface area (Å²) in [6.45, 7) is 1.79. The van der Waals surface area contributed by atoms with Crippen LogP contribution in [-0.4, -0.2) is 50.4 Å². The predicted octanol–water partition coefficient (Wildman–Crippen LogP) is 0.691. The molecule has 0 radical (unpaired) electrons. The fourth-order valence-corrected chi connectivity index (χ4v) is 2.61. The second-order valence-electron chi connectivity index (χ2n) is 4.94. The van der Waals surface area contributed by atoms with Crippen molar-refractivity contribution in [3.8, 4) is 0 Å². The summed E-state index contributed by atoms with van der Waals surface area (Å²) in [4.78, 5) is 23.2. The molecule has 0 saturated carbocycles. The van der Waals surface area contributed by atoms with E-state index in [1.54, 1.807) is 0 Å². The Labute approximate surface area is 139 Å². The summed E-state index contributed by atoms with van der Waals surface area (Å²) in [7, 11) is -1.87. The maximum atomic E-state index is 13.0. The second-order valence-corrected chi connectivity index (χ2v) is 7.31. The van der Waals surface area contributed by atoms with Gasteiger partial charge < -0.3 is 10.6 Å². The van der Waals surface area contributed by atoms with E-state index in [-0.39, 0.29) is 24.5 Å². The Morgan fingerprint density at radius 3 is 2.25 bits per heavy atom. The van der Waals surface area contributed by atoms with Crippen LogP contribution in [0.15, 0.2) is 18.2 Å². The quantitative estimate of drug-likeness (QED) is 0.550. The molecule has 1 rings (SSSR count). The van der Waals surface area contributed by atoms with Crippen molar-refractivity contribution >= 4 is 27.5 Å². The molecule has 0 spiro atoms. The van der Waals surface area contributed by atoms with Crippen molar-refractivity contribution in [1.82, 2.24) is 9.62 Å². The fraction of sp³-hybridized carbons (Fsp3) is 0.429.